The molecule has 0 aliphatic rings. The van der Waals surface area contributed by atoms with Crippen molar-refractivity contribution in [2.45, 2.75) is 6.42 Å². The van der Waals surface area contributed by atoms with Gasteiger partial charge in [0.15, 0.2) is 11.5 Å². The third kappa shape index (κ3) is 4.97. The van der Waals surface area contributed by atoms with Crippen LogP contribution < -0.4 is 20.1 Å². The van der Waals surface area contributed by atoms with E-state index in [9.17, 15) is 4.79 Å². The van der Waals surface area contributed by atoms with E-state index < -0.39 is 0 Å². The van der Waals surface area contributed by atoms with Crippen LogP contribution in [0.25, 0.3) is 0 Å². The highest BCUT2D eigenvalue weighted by atomic mass is 16.5. The van der Waals surface area contributed by atoms with Gasteiger partial charge in [0.05, 0.1) is 26.6 Å². The molecule has 0 aliphatic heterocycles. The van der Waals surface area contributed by atoms with Crippen molar-refractivity contribution in [1.82, 2.24) is 15.3 Å². The van der Waals surface area contributed by atoms with Gasteiger partial charge >= 0.3 is 0 Å². The first-order chi connectivity index (χ1) is 13.7. The molecule has 3 rings (SSSR count). The Morgan fingerprint density at radius 2 is 1.75 bits per heavy atom. The number of carbonyl (C=O) groups excluding carboxylic acids is 1. The second-order valence-corrected chi connectivity index (χ2v) is 5.97. The van der Waals surface area contributed by atoms with Crippen LogP contribution in [0.2, 0.25) is 0 Å². The zero-order valence-corrected chi connectivity index (χ0v) is 15.8. The summed E-state index contributed by atoms with van der Waals surface area (Å²) in [7, 11) is 3.16. The third-order valence-corrected chi connectivity index (χ3v) is 4.08. The van der Waals surface area contributed by atoms with E-state index >= 15 is 0 Å². The Bertz CT molecular complexity index is 915. The van der Waals surface area contributed by atoms with Crippen LogP contribution in [-0.2, 0) is 6.42 Å². The summed E-state index contributed by atoms with van der Waals surface area (Å²) >= 11 is 0. The lowest BCUT2D eigenvalue weighted by Gasteiger charge is -2.11. The molecular weight excluding hydrogens is 356 g/mol. The summed E-state index contributed by atoms with van der Waals surface area (Å²) in [5.41, 5.74) is 2.21. The smallest absolute Gasteiger partial charge is 0.271 e. The van der Waals surface area contributed by atoms with Crippen molar-refractivity contribution < 1.29 is 14.3 Å². The molecule has 0 saturated carbocycles. The molecule has 3 aromatic rings. The van der Waals surface area contributed by atoms with Crippen molar-refractivity contribution in [3.05, 3.63) is 72.2 Å². The lowest BCUT2D eigenvalue weighted by molar-refractivity contribution is 0.0949. The summed E-state index contributed by atoms with van der Waals surface area (Å²) in [5, 5.41) is 5.97. The number of hydrogen-bond donors (Lipinski definition) is 2. The first kappa shape index (κ1) is 19.2. The Morgan fingerprint density at radius 3 is 2.43 bits per heavy atom. The molecule has 0 bridgehead atoms. The summed E-state index contributed by atoms with van der Waals surface area (Å²) < 4.78 is 10.5. The van der Waals surface area contributed by atoms with Gasteiger partial charge in [0.2, 0.25) is 0 Å². The van der Waals surface area contributed by atoms with Crippen LogP contribution in [0.4, 0.5) is 11.5 Å². The van der Waals surface area contributed by atoms with Crippen molar-refractivity contribution in [3.8, 4) is 11.5 Å². The number of benzene rings is 2. The highest BCUT2D eigenvalue weighted by molar-refractivity contribution is 5.92. The second kappa shape index (κ2) is 9.36. The number of methoxy groups -OCH3 is 2. The van der Waals surface area contributed by atoms with E-state index in [1.54, 1.807) is 26.4 Å². The average molecular weight is 378 g/mol. The normalized spacial score (nSPS) is 10.2. The first-order valence-corrected chi connectivity index (χ1v) is 8.83. The fraction of sp³-hybridized carbons (Fsp3) is 0.190. The molecular formula is C21H22N4O3. The van der Waals surface area contributed by atoms with Crippen LogP contribution in [-0.4, -0.2) is 36.6 Å². The Hall–Kier alpha value is -3.61. The molecule has 7 nitrogen and oxygen atoms in total. The van der Waals surface area contributed by atoms with Crippen LogP contribution in [0.5, 0.6) is 11.5 Å². The van der Waals surface area contributed by atoms with E-state index in [1.807, 2.05) is 36.4 Å². The molecule has 0 radical (unpaired) electrons. The monoisotopic (exact) mass is 378 g/mol. The standard InChI is InChI=1S/C21H22N4O3/c1-27-18-9-8-16(12-19(18)28-2)25-20-14-23-17(13-24-20)21(26)22-11-10-15-6-4-3-5-7-15/h3-9,12-14H,10-11H2,1-2H3,(H,22,26)(H,24,25). The van der Waals surface area contributed by atoms with Crippen molar-refractivity contribution in [1.29, 1.82) is 0 Å². The van der Waals surface area contributed by atoms with Crippen molar-refractivity contribution in [2.24, 2.45) is 0 Å². The highest BCUT2D eigenvalue weighted by Gasteiger charge is 2.09. The summed E-state index contributed by atoms with van der Waals surface area (Å²) in [4.78, 5) is 20.6. The maximum absolute atomic E-state index is 12.2. The number of nitrogens with zero attached hydrogens (tertiary/aromatic N) is 2. The molecule has 0 aliphatic carbocycles. The van der Waals surface area contributed by atoms with E-state index in [4.69, 9.17) is 9.47 Å². The molecule has 2 aromatic carbocycles. The molecule has 0 unspecified atom stereocenters. The number of carbonyl (C=O) groups is 1. The Labute approximate surface area is 163 Å². The average Bonchev–Trinajstić information content (AvgIpc) is 2.75. The summed E-state index contributed by atoms with van der Waals surface area (Å²) in [5.74, 6) is 1.52. The molecule has 0 saturated heterocycles. The number of hydrogen-bond acceptors (Lipinski definition) is 6. The largest absolute Gasteiger partial charge is 0.493 e. The highest BCUT2D eigenvalue weighted by Crippen LogP contribution is 2.30. The molecule has 0 fully saturated rings. The minimum atomic E-state index is -0.249. The van der Waals surface area contributed by atoms with Gasteiger partial charge in [-0.3, -0.25) is 4.79 Å². The van der Waals surface area contributed by atoms with Gasteiger partial charge in [-0.2, -0.15) is 0 Å². The minimum Gasteiger partial charge on any atom is -0.493 e. The number of ether oxygens (including phenoxy) is 2. The van der Waals surface area contributed by atoms with E-state index in [0.29, 0.717) is 23.9 Å². The predicted molar refractivity (Wildman–Crippen MR) is 107 cm³/mol. The summed E-state index contributed by atoms with van der Waals surface area (Å²) in [6.45, 7) is 0.538. The van der Waals surface area contributed by atoms with Crippen molar-refractivity contribution in [3.63, 3.8) is 0 Å². The van der Waals surface area contributed by atoms with Gasteiger partial charge in [-0.15, -0.1) is 0 Å². The van der Waals surface area contributed by atoms with Gasteiger partial charge in [0.25, 0.3) is 5.91 Å². The van der Waals surface area contributed by atoms with Gasteiger partial charge in [-0.05, 0) is 24.1 Å². The van der Waals surface area contributed by atoms with E-state index in [1.165, 1.54) is 18.0 Å². The van der Waals surface area contributed by atoms with Gasteiger partial charge in [0.1, 0.15) is 11.5 Å². The summed E-state index contributed by atoms with van der Waals surface area (Å²) in [6, 6.07) is 15.4. The molecule has 0 spiro atoms. The SMILES string of the molecule is COc1ccc(Nc2cnc(C(=O)NCCc3ccccc3)cn2)cc1OC. The fourth-order valence-electron chi connectivity index (χ4n) is 2.63. The van der Waals surface area contributed by atoms with E-state index in [-0.39, 0.29) is 11.6 Å². The predicted octanol–water partition coefficient (Wildman–Crippen LogP) is 3.21. The van der Waals surface area contributed by atoms with Crippen molar-refractivity contribution >= 4 is 17.4 Å². The second-order valence-electron chi connectivity index (χ2n) is 5.97. The Morgan fingerprint density at radius 1 is 0.964 bits per heavy atom. The number of amides is 1. The van der Waals surface area contributed by atoms with Gasteiger partial charge < -0.3 is 20.1 Å². The molecule has 1 amide bonds. The summed E-state index contributed by atoms with van der Waals surface area (Å²) in [6.07, 6.45) is 3.72. The minimum absolute atomic E-state index is 0.249. The molecule has 1 heterocycles. The number of anilines is 2. The van der Waals surface area contributed by atoms with Crippen LogP contribution in [0.1, 0.15) is 16.1 Å². The zero-order chi connectivity index (χ0) is 19.8. The Kier molecular flexibility index (Phi) is 6.41. The maximum Gasteiger partial charge on any atom is 0.271 e. The lowest BCUT2D eigenvalue weighted by atomic mass is 10.1. The number of nitrogens with one attached hydrogen (secondary N) is 2. The van der Waals surface area contributed by atoms with Gasteiger partial charge in [-0.25, -0.2) is 9.97 Å². The molecule has 144 valence electrons. The van der Waals surface area contributed by atoms with Crippen LogP contribution in [0, 0.1) is 0 Å². The molecule has 7 heteroatoms. The number of rotatable bonds is 8. The number of aromatic nitrogens is 2. The Balaban J connectivity index is 1.56. The maximum atomic E-state index is 12.2. The van der Waals surface area contributed by atoms with Crippen LogP contribution in [0.3, 0.4) is 0 Å². The molecule has 1 aromatic heterocycles. The van der Waals surface area contributed by atoms with Crippen LogP contribution in [0.15, 0.2) is 60.9 Å². The van der Waals surface area contributed by atoms with Crippen LogP contribution >= 0.6 is 0 Å². The molecule has 2 N–H and O–H groups in total. The topological polar surface area (TPSA) is 85.4 Å². The first-order valence-electron chi connectivity index (χ1n) is 8.83. The van der Waals surface area contributed by atoms with Crippen molar-refractivity contribution in [2.75, 3.05) is 26.1 Å². The molecule has 0 atom stereocenters. The zero-order valence-electron chi connectivity index (χ0n) is 15.8. The molecule has 28 heavy (non-hydrogen) atoms. The van der Waals surface area contributed by atoms with E-state index in [2.05, 4.69) is 20.6 Å². The lowest BCUT2D eigenvalue weighted by Crippen LogP contribution is -2.26. The fourth-order valence-corrected chi connectivity index (χ4v) is 2.63. The van der Waals surface area contributed by atoms with Gasteiger partial charge in [-0.1, -0.05) is 30.3 Å². The third-order valence-electron chi connectivity index (χ3n) is 4.08. The van der Waals surface area contributed by atoms with Gasteiger partial charge in [0, 0.05) is 18.3 Å². The van der Waals surface area contributed by atoms with E-state index in [0.717, 1.165) is 12.1 Å². The quantitative estimate of drug-likeness (QED) is 0.626.